The highest BCUT2D eigenvalue weighted by Gasteiger charge is 2.21. The lowest BCUT2D eigenvalue weighted by molar-refractivity contribution is 0.149. The van der Waals surface area contributed by atoms with Crippen LogP contribution in [0.1, 0.15) is 32.4 Å². The summed E-state index contributed by atoms with van der Waals surface area (Å²) in [5.74, 6) is 0.740. The van der Waals surface area contributed by atoms with E-state index < -0.39 is 0 Å². The largest absolute Gasteiger partial charge is 0.301 e. The third-order valence-electron chi connectivity index (χ3n) is 4.38. The van der Waals surface area contributed by atoms with E-state index in [-0.39, 0.29) is 0 Å². The monoisotopic (exact) mass is 285 g/mol. The van der Waals surface area contributed by atoms with E-state index in [1.54, 1.807) is 12.5 Å². The summed E-state index contributed by atoms with van der Waals surface area (Å²) in [4.78, 5) is 11.3. The van der Waals surface area contributed by atoms with Gasteiger partial charge in [-0.3, -0.25) is 5.10 Å². The number of hydrogen-bond acceptors (Lipinski definition) is 4. The lowest BCUT2D eigenvalue weighted by Crippen LogP contribution is -2.38. The van der Waals surface area contributed by atoms with Crippen molar-refractivity contribution >= 4 is 0 Å². The summed E-state index contributed by atoms with van der Waals surface area (Å²) < 4.78 is 0. The lowest BCUT2D eigenvalue weighted by Gasteiger charge is -2.34. The normalized spacial score (nSPS) is 17.5. The number of likely N-dealkylation sites (tertiary alicyclic amines) is 1. The summed E-state index contributed by atoms with van der Waals surface area (Å²) in [5, 5.41) is 6.93. The fraction of sp³-hybridized carbons (Fsp3) is 0.562. The Bertz CT molecular complexity index is 556. The van der Waals surface area contributed by atoms with Crippen molar-refractivity contribution in [2.75, 3.05) is 13.1 Å². The molecule has 0 amide bonds. The number of rotatable bonds is 4. The van der Waals surface area contributed by atoms with E-state index in [9.17, 15) is 0 Å². The second-order valence-corrected chi connectivity index (χ2v) is 6.14. The van der Waals surface area contributed by atoms with Crippen molar-refractivity contribution in [2.45, 2.75) is 39.2 Å². The van der Waals surface area contributed by atoms with E-state index >= 15 is 0 Å². The third kappa shape index (κ3) is 3.47. The van der Waals surface area contributed by atoms with Gasteiger partial charge >= 0.3 is 0 Å². The molecule has 0 radical (unpaired) electrons. The Morgan fingerprint density at radius 1 is 1.29 bits per heavy atom. The number of H-pyrrole nitrogens is 1. The molecule has 0 unspecified atom stereocenters. The zero-order valence-electron chi connectivity index (χ0n) is 12.8. The van der Waals surface area contributed by atoms with Crippen molar-refractivity contribution in [2.24, 2.45) is 5.92 Å². The first kappa shape index (κ1) is 14.2. The van der Waals surface area contributed by atoms with Crippen molar-refractivity contribution < 1.29 is 0 Å². The van der Waals surface area contributed by atoms with Gasteiger partial charge in [0.1, 0.15) is 6.33 Å². The van der Waals surface area contributed by atoms with Crippen LogP contribution >= 0.6 is 0 Å². The number of nitrogens with zero attached hydrogens (tertiary/aromatic N) is 4. The molecule has 1 aliphatic rings. The Labute approximate surface area is 125 Å². The predicted octanol–water partition coefficient (Wildman–Crippen LogP) is 2.53. The minimum Gasteiger partial charge on any atom is -0.301 e. The van der Waals surface area contributed by atoms with E-state index in [2.05, 4.69) is 45.0 Å². The molecule has 0 atom stereocenters. The van der Waals surface area contributed by atoms with Crippen LogP contribution in [0.3, 0.4) is 0 Å². The molecular formula is C16H23N5. The minimum atomic E-state index is 0.664. The van der Waals surface area contributed by atoms with E-state index in [0.29, 0.717) is 6.04 Å². The fourth-order valence-electron chi connectivity index (χ4n) is 3.02. The van der Waals surface area contributed by atoms with Gasteiger partial charge in [0.05, 0.1) is 11.4 Å². The quantitative estimate of drug-likeness (QED) is 0.938. The number of nitrogens with one attached hydrogen (secondary N) is 1. The highest BCUT2D eigenvalue weighted by atomic mass is 15.1. The average molecular weight is 285 g/mol. The van der Waals surface area contributed by atoms with Crippen LogP contribution in [0.25, 0.3) is 11.4 Å². The SMILES string of the molecule is CC(C)N1CCC(Cc2cc(-c3ccn[nH]3)ncn2)CC1. The van der Waals surface area contributed by atoms with Crippen LogP contribution in [-0.4, -0.2) is 44.2 Å². The number of hydrogen-bond donors (Lipinski definition) is 1. The Hall–Kier alpha value is -1.75. The van der Waals surface area contributed by atoms with E-state index in [0.717, 1.165) is 29.4 Å². The number of piperidine rings is 1. The van der Waals surface area contributed by atoms with Crippen molar-refractivity contribution in [3.05, 3.63) is 30.4 Å². The molecule has 1 saturated heterocycles. The van der Waals surface area contributed by atoms with Gasteiger partial charge in [-0.15, -0.1) is 0 Å². The van der Waals surface area contributed by atoms with Gasteiger partial charge in [0, 0.05) is 17.9 Å². The van der Waals surface area contributed by atoms with Crippen LogP contribution in [0.2, 0.25) is 0 Å². The molecule has 2 aromatic rings. The molecule has 112 valence electrons. The summed E-state index contributed by atoms with van der Waals surface area (Å²) in [7, 11) is 0. The van der Waals surface area contributed by atoms with Gasteiger partial charge in [0.15, 0.2) is 0 Å². The zero-order valence-corrected chi connectivity index (χ0v) is 12.8. The molecule has 0 spiro atoms. The van der Waals surface area contributed by atoms with Crippen molar-refractivity contribution in [3.63, 3.8) is 0 Å². The second-order valence-electron chi connectivity index (χ2n) is 6.14. The molecule has 5 nitrogen and oxygen atoms in total. The highest BCUT2D eigenvalue weighted by molar-refractivity contribution is 5.52. The zero-order chi connectivity index (χ0) is 14.7. The molecule has 1 N–H and O–H groups in total. The van der Waals surface area contributed by atoms with Crippen LogP contribution in [-0.2, 0) is 6.42 Å². The maximum absolute atomic E-state index is 4.44. The van der Waals surface area contributed by atoms with Crippen LogP contribution in [0, 0.1) is 5.92 Å². The molecule has 0 aliphatic carbocycles. The maximum Gasteiger partial charge on any atom is 0.116 e. The molecule has 21 heavy (non-hydrogen) atoms. The molecule has 0 bridgehead atoms. The maximum atomic E-state index is 4.44. The van der Waals surface area contributed by atoms with Gasteiger partial charge in [0.2, 0.25) is 0 Å². The van der Waals surface area contributed by atoms with E-state index in [1.165, 1.54) is 25.9 Å². The van der Waals surface area contributed by atoms with Gasteiger partial charge in [-0.1, -0.05) is 0 Å². The van der Waals surface area contributed by atoms with Crippen molar-refractivity contribution in [3.8, 4) is 11.4 Å². The Kier molecular flexibility index (Phi) is 4.29. The Morgan fingerprint density at radius 2 is 2.10 bits per heavy atom. The van der Waals surface area contributed by atoms with Crippen LogP contribution < -0.4 is 0 Å². The molecular weight excluding hydrogens is 262 g/mol. The molecule has 0 aromatic carbocycles. The Morgan fingerprint density at radius 3 is 2.76 bits per heavy atom. The lowest BCUT2D eigenvalue weighted by atomic mass is 9.91. The summed E-state index contributed by atoms with van der Waals surface area (Å²) in [6, 6.07) is 4.69. The summed E-state index contributed by atoms with van der Waals surface area (Å²) in [6.07, 6.45) is 6.99. The summed E-state index contributed by atoms with van der Waals surface area (Å²) >= 11 is 0. The highest BCUT2D eigenvalue weighted by Crippen LogP contribution is 2.23. The topological polar surface area (TPSA) is 57.7 Å². The van der Waals surface area contributed by atoms with Gasteiger partial charge in [-0.2, -0.15) is 5.10 Å². The molecule has 1 aliphatic heterocycles. The molecule has 1 fully saturated rings. The van der Waals surface area contributed by atoms with Gasteiger partial charge in [0.25, 0.3) is 0 Å². The average Bonchev–Trinajstić information content (AvgIpc) is 3.02. The van der Waals surface area contributed by atoms with Gasteiger partial charge in [-0.05, 0) is 64.3 Å². The molecule has 2 aromatic heterocycles. The van der Waals surface area contributed by atoms with Gasteiger partial charge < -0.3 is 4.90 Å². The molecule has 5 heteroatoms. The first-order chi connectivity index (χ1) is 10.2. The fourth-order valence-corrected chi connectivity index (χ4v) is 3.02. The first-order valence-electron chi connectivity index (χ1n) is 7.77. The summed E-state index contributed by atoms with van der Waals surface area (Å²) in [6.45, 7) is 6.98. The number of aromatic nitrogens is 4. The first-order valence-corrected chi connectivity index (χ1v) is 7.77. The predicted molar refractivity (Wildman–Crippen MR) is 82.8 cm³/mol. The van der Waals surface area contributed by atoms with E-state index in [1.807, 2.05) is 6.07 Å². The minimum absolute atomic E-state index is 0.664. The standard InChI is InChI=1S/C16H23N5/c1-12(2)21-7-4-13(5-8-21)9-14-10-16(18-11-17-14)15-3-6-19-20-15/h3,6,10-13H,4-5,7-9H2,1-2H3,(H,19,20). The van der Waals surface area contributed by atoms with Gasteiger partial charge in [-0.25, -0.2) is 9.97 Å². The Balaban J connectivity index is 1.62. The second kappa shape index (κ2) is 6.35. The molecule has 3 rings (SSSR count). The third-order valence-corrected chi connectivity index (χ3v) is 4.38. The van der Waals surface area contributed by atoms with Crippen molar-refractivity contribution in [1.82, 2.24) is 25.1 Å². The van der Waals surface area contributed by atoms with Crippen molar-refractivity contribution in [1.29, 1.82) is 0 Å². The smallest absolute Gasteiger partial charge is 0.116 e. The van der Waals surface area contributed by atoms with Crippen LogP contribution in [0.15, 0.2) is 24.7 Å². The number of aromatic amines is 1. The molecule has 0 saturated carbocycles. The van der Waals surface area contributed by atoms with Crippen LogP contribution in [0.5, 0.6) is 0 Å². The molecule has 3 heterocycles. The van der Waals surface area contributed by atoms with E-state index in [4.69, 9.17) is 0 Å². The van der Waals surface area contributed by atoms with Crippen LogP contribution in [0.4, 0.5) is 0 Å². The summed E-state index contributed by atoms with van der Waals surface area (Å²) in [5.41, 5.74) is 3.02.